The second-order valence-corrected chi connectivity index (χ2v) is 7.26. The molecule has 116 valence electrons. The van der Waals surface area contributed by atoms with Gasteiger partial charge in [0.2, 0.25) is 5.91 Å². The molecule has 0 spiro atoms. The molecule has 0 aromatic heterocycles. The molecule has 0 aromatic carbocycles. The summed E-state index contributed by atoms with van der Waals surface area (Å²) in [5, 5.41) is 3.28. The second-order valence-electron chi connectivity index (χ2n) is 7.26. The van der Waals surface area contributed by atoms with Gasteiger partial charge in [-0.2, -0.15) is 0 Å². The van der Waals surface area contributed by atoms with Crippen molar-refractivity contribution in [1.29, 1.82) is 0 Å². The summed E-state index contributed by atoms with van der Waals surface area (Å²) in [4.78, 5) is 12.2. The van der Waals surface area contributed by atoms with Crippen LogP contribution in [-0.2, 0) is 4.79 Å². The first-order valence-corrected chi connectivity index (χ1v) is 8.65. The number of carbonyl (C=O) groups excluding carboxylic acids is 1. The van der Waals surface area contributed by atoms with Crippen LogP contribution in [0.2, 0.25) is 0 Å². The van der Waals surface area contributed by atoms with Crippen LogP contribution in [0, 0.1) is 11.8 Å². The molecule has 3 nitrogen and oxygen atoms in total. The first kappa shape index (κ1) is 15.8. The lowest BCUT2D eigenvalue weighted by Gasteiger charge is -2.39. The predicted octanol–water partition coefficient (Wildman–Crippen LogP) is 3.37. The molecule has 0 saturated heterocycles. The molecule has 0 bridgehead atoms. The lowest BCUT2D eigenvalue weighted by atomic mass is 9.77. The van der Waals surface area contributed by atoms with Gasteiger partial charge in [-0.05, 0) is 43.9 Å². The van der Waals surface area contributed by atoms with Crippen molar-refractivity contribution in [3.63, 3.8) is 0 Å². The minimum Gasteiger partial charge on any atom is -0.349 e. The van der Waals surface area contributed by atoms with Gasteiger partial charge in [0.15, 0.2) is 0 Å². The third kappa shape index (κ3) is 4.47. The molecule has 2 saturated carbocycles. The average Bonchev–Trinajstić information content (AvgIpc) is 2.49. The number of carbonyl (C=O) groups is 1. The van der Waals surface area contributed by atoms with Gasteiger partial charge in [0.25, 0.3) is 0 Å². The third-order valence-corrected chi connectivity index (χ3v) is 5.53. The normalized spacial score (nSPS) is 32.0. The minimum absolute atomic E-state index is 0.101. The Hall–Kier alpha value is -0.570. The van der Waals surface area contributed by atoms with E-state index >= 15 is 0 Å². The summed E-state index contributed by atoms with van der Waals surface area (Å²) in [6.07, 6.45) is 13.0. The Kier molecular flexibility index (Phi) is 5.88. The highest BCUT2D eigenvalue weighted by molar-refractivity contribution is 5.76. The highest BCUT2D eigenvalue weighted by Gasteiger charge is 2.34. The maximum absolute atomic E-state index is 12.2. The Morgan fingerprint density at radius 3 is 2.40 bits per heavy atom. The topological polar surface area (TPSA) is 55.1 Å². The van der Waals surface area contributed by atoms with Crippen LogP contribution in [0.5, 0.6) is 0 Å². The summed E-state index contributed by atoms with van der Waals surface area (Å²) in [5.74, 6) is 1.80. The molecule has 0 aromatic rings. The second kappa shape index (κ2) is 7.44. The molecule has 3 N–H and O–H groups in total. The quantitative estimate of drug-likeness (QED) is 0.811. The monoisotopic (exact) mass is 280 g/mol. The Morgan fingerprint density at radius 1 is 1.15 bits per heavy atom. The van der Waals surface area contributed by atoms with E-state index in [0.717, 1.165) is 31.1 Å². The molecule has 0 atom stereocenters. The number of nitrogens with two attached hydrogens (primary N) is 1. The van der Waals surface area contributed by atoms with Gasteiger partial charge in [-0.15, -0.1) is 0 Å². The van der Waals surface area contributed by atoms with Crippen LogP contribution < -0.4 is 11.1 Å². The van der Waals surface area contributed by atoms with Crippen molar-refractivity contribution in [3.8, 4) is 0 Å². The first-order valence-electron chi connectivity index (χ1n) is 8.65. The molecular weight excluding hydrogens is 248 g/mol. The first-order chi connectivity index (χ1) is 9.63. The van der Waals surface area contributed by atoms with Crippen molar-refractivity contribution >= 4 is 5.91 Å². The molecule has 2 fully saturated rings. The van der Waals surface area contributed by atoms with Crippen molar-refractivity contribution in [3.05, 3.63) is 0 Å². The van der Waals surface area contributed by atoms with E-state index in [-0.39, 0.29) is 11.4 Å². The Morgan fingerprint density at radius 2 is 1.80 bits per heavy atom. The van der Waals surface area contributed by atoms with Crippen molar-refractivity contribution in [2.75, 3.05) is 6.54 Å². The molecule has 0 unspecified atom stereocenters. The summed E-state index contributed by atoms with van der Waals surface area (Å²) >= 11 is 0. The summed E-state index contributed by atoms with van der Waals surface area (Å²) in [6.45, 7) is 2.89. The van der Waals surface area contributed by atoms with Gasteiger partial charge in [0.05, 0.1) is 5.54 Å². The molecule has 0 aliphatic heterocycles. The zero-order valence-corrected chi connectivity index (χ0v) is 13.1. The van der Waals surface area contributed by atoms with Gasteiger partial charge < -0.3 is 11.1 Å². The van der Waals surface area contributed by atoms with Crippen molar-refractivity contribution in [2.24, 2.45) is 17.6 Å². The molecule has 2 rings (SSSR count). The minimum atomic E-state index is -0.101. The van der Waals surface area contributed by atoms with Gasteiger partial charge in [-0.3, -0.25) is 4.79 Å². The smallest absolute Gasteiger partial charge is 0.220 e. The predicted molar refractivity (Wildman–Crippen MR) is 83.4 cm³/mol. The molecule has 2 aliphatic rings. The van der Waals surface area contributed by atoms with Crippen LogP contribution in [0.25, 0.3) is 0 Å². The molecular formula is C17H32N2O. The van der Waals surface area contributed by atoms with E-state index in [2.05, 4.69) is 12.2 Å². The van der Waals surface area contributed by atoms with E-state index in [1.165, 1.54) is 44.9 Å². The number of rotatable bonds is 5. The Labute approximate surface area is 124 Å². The lowest BCUT2D eigenvalue weighted by molar-refractivity contribution is -0.123. The van der Waals surface area contributed by atoms with E-state index in [1.807, 2.05) is 0 Å². The Bertz CT molecular complexity index is 302. The number of nitrogens with one attached hydrogen (secondary N) is 1. The van der Waals surface area contributed by atoms with Crippen LogP contribution in [0.4, 0.5) is 0 Å². The van der Waals surface area contributed by atoms with E-state index in [4.69, 9.17) is 5.73 Å². The number of hydrogen-bond donors (Lipinski definition) is 2. The SMILES string of the molecule is CC1CCC(CN)(NC(=O)CCC2CCCCC2)CC1. The van der Waals surface area contributed by atoms with Crippen LogP contribution in [0.15, 0.2) is 0 Å². The fourth-order valence-corrected chi connectivity index (χ4v) is 3.86. The van der Waals surface area contributed by atoms with Crippen LogP contribution in [0.1, 0.15) is 77.6 Å². The molecule has 3 heteroatoms. The van der Waals surface area contributed by atoms with Gasteiger partial charge in [0.1, 0.15) is 0 Å². The lowest BCUT2D eigenvalue weighted by Crippen LogP contribution is -2.55. The zero-order valence-electron chi connectivity index (χ0n) is 13.1. The summed E-state index contributed by atoms with van der Waals surface area (Å²) in [6, 6.07) is 0. The van der Waals surface area contributed by atoms with E-state index < -0.39 is 0 Å². The molecule has 1 amide bonds. The maximum Gasteiger partial charge on any atom is 0.220 e. The van der Waals surface area contributed by atoms with E-state index in [1.54, 1.807) is 0 Å². The van der Waals surface area contributed by atoms with Crippen LogP contribution in [-0.4, -0.2) is 18.0 Å². The third-order valence-electron chi connectivity index (χ3n) is 5.53. The van der Waals surface area contributed by atoms with Crippen molar-refractivity contribution in [2.45, 2.75) is 83.1 Å². The summed E-state index contributed by atoms with van der Waals surface area (Å²) < 4.78 is 0. The standard InChI is InChI=1S/C17H32N2O/c1-14-9-11-17(13-18,12-10-14)19-16(20)8-7-15-5-3-2-4-6-15/h14-15H,2-13,18H2,1H3,(H,19,20). The number of hydrogen-bond acceptors (Lipinski definition) is 2. The molecule has 20 heavy (non-hydrogen) atoms. The maximum atomic E-state index is 12.2. The van der Waals surface area contributed by atoms with E-state index in [0.29, 0.717) is 13.0 Å². The van der Waals surface area contributed by atoms with Gasteiger partial charge >= 0.3 is 0 Å². The molecule has 2 aliphatic carbocycles. The highest BCUT2D eigenvalue weighted by Crippen LogP contribution is 2.32. The molecule has 0 radical (unpaired) electrons. The van der Waals surface area contributed by atoms with Crippen LogP contribution >= 0.6 is 0 Å². The summed E-state index contributed by atoms with van der Waals surface area (Å²) in [5.41, 5.74) is 5.86. The fourth-order valence-electron chi connectivity index (χ4n) is 3.86. The van der Waals surface area contributed by atoms with Gasteiger partial charge in [0, 0.05) is 13.0 Å². The Balaban J connectivity index is 1.74. The largest absolute Gasteiger partial charge is 0.349 e. The fraction of sp³-hybridized carbons (Fsp3) is 0.941. The summed E-state index contributed by atoms with van der Waals surface area (Å²) in [7, 11) is 0. The average molecular weight is 280 g/mol. The zero-order chi connectivity index (χ0) is 14.4. The van der Waals surface area contributed by atoms with Crippen molar-refractivity contribution in [1.82, 2.24) is 5.32 Å². The van der Waals surface area contributed by atoms with Gasteiger partial charge in [-0.1, -0.05) is 39.0 Å². The van der Waals surface area contributed by atoms with Crippen molar-refractivity contribution < 1.29 is 4.79 Å². The highest BCUT2D eigenvalue weighted by atomic mass is 16.1. The van der Waals surface area contributed by atoms with Gasteiger partial charge in [-0.25, -0.2) is 0 Å². The van der Waals surface area contributed by atoms with E-state index in [9.17, 15) is 4.79 Å². The number of amides is 1. The molecule has 0 heterocycles. The van der Waals surface area contributed by atoms with Crippen LogP contribution in [0.3, 0.4) is 0 Å².